The first-order valence-electron chi connectivity index (χ1n) is 6.96. The molecular weight excluding hydrogens is 330 g/mol. The molecule has 0 saturated carbocycles. The highest BCUT2D eigenvalue weighted by Gasteiger charge is 2.24. The number of aryl methyl sites for hydroxylation is 2. The third-order valence-corrected chi connectivity index (χ3v) is 4.29. The predicted molar refractivity (Wildman–Crippen MR) is 87.1 cm³/mol. The summed E-state index contributed by atoms with van der Waals surface area (Å²) >= 11 is 3.60. The summed E-state index contributed by atoms with van der Waals surface area (Å²) in [5.74, 6) is 0. The van der Waals surface area contributed by atoms with E-state index in [1.165, 1.54) is 5.39 Å². The molecule has 0 fully saturated rings. The number of fused-ring (bicyclic) bond motifs is 1. The molecule has 0 amide bonds. The number of nitrogens with zero attached hydrogens (tertiary/aromatic N) is 4. The van der Waals surface area contributed by atoms with Gasteiger partial charge in [-0.3, -0.25) is 9.36 Å². The van der Waals surface area contributed by atoms with Gasteiger partial charge in [0.2, 0.25) is 0 Å². The van der Waals surface area contributed by atoms with Gasteiger partial charge in [-0.2, -0.15) is 10.2 Å². The van der Waals surface area contributed by atoms with Gasteiger partial charge in [-0.1, -0.05) is 25.1 Å². The summed E-state index contributed by atoms with van der Waals surface area (Å²) in [4.78, 5) is 0. The van der Waals surface area contributed by atoms with Crippen molar-refractivity contribution in [1.82, 2.24) is 24.9 Å². The molecule has 3 aromatic rings. The second-order valence-corrected chi connectivity index (χ2v) is 5.87. The number of benzene rings is 1. The third-order valence-electron chi connectivity index (χ3n) is 3.68. The van der Waals surface area contributed by atoms with Crippen molar-refractivity contribution in [3.8, 4) is 0 Å². The summed E-state index contributed by atoms with van der Waals surface area (Å²) in [7, 11) is 3.93. The largest absolute Gasteiger partial charge is 0.304 e. The van der Waals surface area contributed by atoms with Crippen LogP contribution in [0, 0.1) is 0 Å². The Balaban J connectivity index is 2.21. The SMILES string of the molecule is CCNC(c1nn(C)c2ccccc12)c1c(Br)cnn1C. The monoisotopic (exact) mass is 347 g/mol. The van der Waals surface area contributed by atoms with Crippen molar-refractivity contribution < 1.29 is 0 Å². The van der Waals surface area contributed by atoms with E-state index in [0.717, 1.165) is 27.9 Å². The number of aromatic nitrogens is 4. The zero-order valence-corrected chi connectivity index (χ0v) is 13.9. The Hall–Kier alpha value is -1.66. The fraction of sp³-hybridized carbons (Fsp3) is 0.333. The molecule has 1 unspecified atom stereocenters. The number of hydrogen-bond acceptors (Lipinski definition) is 3. The average Bonchev–Trinajstić information content (AvgIpc) is 2.99. The Bertz CT molecular complexity index is 754. The van der Waals surface area contributed by atoms with Crippen molar-refractivity contribution in [2.24, 2.45) is 14.1 Å². The molecule has 0 saturated heterocycles. The van der Waals surface area contributed by atoms with Gasteiger partial charge in [0.15, 0.2) is 0 Å². The van der Waals surface area contributed by atoms with Gasteiger partial charge >= 0.3 is 0 Å². The smallest absolute Gasteiger partial charge is 0.0958 e. The second-order valence-electron chi connectivity index (χ2n) is 5.02. The molecule has 2 aromatic heterocycles. The molecule has 0 aliphatic heterocycles. The van der Waals surface area contributed by atoms with Gasteiger partial charge in [-0.15, -0.1) is 0 Å². The molecule has 0 aliphatic rings. The molecule has 0 radical (unpaired) electrons. The van der Waals surface area contributed by atoms with Crippen molar-refractivity contribution in [2.75, 3.05) is 6.54 Å². The van der Waals surface area contributed by atoms with Crippen molar-refractivity contribution in [2.45, 2.75) is 13.0 Å². The van der Waals surface area contributed by atoms with E-state index < -0.39 is 0 Å². The van der Waals surface area contributed by atoms with Crippen molar-refractivity contribution in [3.63, 3.8) is 0 Å². The molecule has 0 aliphatic carbocycles. The lowest BCUT2D eigenvalue weighted by Crippen LogP contribution is -2.25. The van der Waals surface area contributed by atoms with Crippen molar-refractivity contribution >= 4 is 26.8 Å². The molecule has 5 nitrogen and oxygen atoms in total. The normalized spacial score (nSPS) is 13.0. The summed E-state index contributed by atoms with van der Waals surface area (Å²) in [5, 5.41) is 13.8. The Labute approximate surface area is 132 Å². The summed E-state index contributed by atoms with van der Waals surface area (Å²) in [6.45, 7) is 2.95. The fourth-order valence-electron chi connectivity index (χ4n) is 2.73. The van der Waals surface area contributed by atoms with E-state index in [9.17, 15) is 0 Å². The van der Waals surface area contributed by atoms with E-state index in [2.05, 4.69) is 51.5 Å². The van der Waals surface area contributed by atoms with E-state index in [0.29, 0.717) is 0 Å². The topological polar surface area (TPSA) is 47.7 Å². The lowest BCUT2D eigenvalue weighted by molar-refractivity contribution is 0.554. The molecule has 3 rings (SSSR count). The molecule has 2 heterocycles. The van der Waals surface area contributed by atoms with Crippen molar-refractivity contribution in [1.29, 1.82) is 0 Å². The summed E-state index contributed by atoms with van der Waals surface area (Å²) in [5.41, 5.74) is 3.24. The van der Waals surface area contributed by atoms with Gasteiger partial charge < -0.3 is 5.32 Å². The summed E-state index contributed by atoms with van der Waals surface area (Å²) < 4.78 is 4.81. The summed E-state index contributed by atoms with van der Waals surface area (Å²) in [6.07, 6.45) is 1.82. The van der Waals surface area contributed by atoms with Gasteiger partial charge in [0.1, 0.15) is 0 Å². The minimum absolute atomic E-state index is 0.00275. The molecule has 21 heavy (non-hydrogen) atoms. The van der Waals surface area contributed by atoms with Crippen LogP contribution in [0.15, 0.2) is 34.9 Å². The molecule has 1 aromatic carbocycles. The average molecular weight is 348 g/mol. The van der Waals surface area contributed by atoms with Crippen LogP contribution in [0.3, 0.4) is 0 Å². The minimum atomic E-state index is 0.00275. The van der Waals surface area contributed by atoms with Crippen LogP contribution in [0.25, 0.3) is 10.9 Å². The van der Waals surface area contributed by atoms with Crippen molar-refractivity contribution in [3.05, 3.63) is 46.3 Å². The number of rotatable bonds is 4. The van der Waals surface area contributed by atoms with Crippen LogP contribution < -0.4 is 5.32 Å². The van der Waals surface area contributed by atoms with E-state index in [1.807, 2.05) is 35.7 Å². The molecular formula is C15H18BrN5. The van der Waals surface area contributed by atoms with Crippen LogP contribution >= 0.6 is 15.9 Å². The predicted octanol–water partition coefficient (Wildman–Crippen LogP) is 2.77. The molecule has 6 heteroatoms. The first-order valence-corrected chi connectivity index (χ1v) is 7.75. The number of nitrogens with one attached hydrogen (secondary N) is 1. The van der Waals surface area contributed by atoms with Crippen LogP contribution in [0.2, 0.25) is 0 Å². The maximum atomic E-state index is 4.74. The van der Waals surface area contributed by atoms with Crippen LogP contribution in [0.1, 0.15) is 24.4 Å². The van der Waals surface area contributed by atoms with Gasteiger partial charge in [-0.05, 0) is 28.5 Å². The van der Waals surface area contributed by atoms with Gasteiger partial charge in [0.25, 0.3) is 0 Å². The number of hydrogen-bond donors (Lipinski definition) is 1. The standard InChI is InChI=1S/C15H18BrN5/c1-4-17-14(15-11(16)9-18-21(15)3)13-10-7-5-6-8-12(10)20(2)19-13/h5-9,14,17H,4H2,1-3H3. The molecule has 1 atom stereocenters. The quantitative estimate of drug-likeness (QED) is 0.789. The molecule has 0 spiro atoms. The van der Waals surface area contributed by atoms with Crippen LogP contribution in [-0.4, -0.2) is 26.1 Å². The first kappa shape index (κ1) is 14.3. The maximum Gasteiger partial charge on any atom is 0.0958 e. The third kappa shape index (κ3) is 2.38. The van der Waals surface area contributed by atoms with Crippen LogP contribution in [0.5, 0.6) is 0 Å². The van der Waals surface area contributed by atoms with Gasteiger partial charge in [-0.25, -0.2) is 0 Å². The molecule has 110 valence electrons. The van der Waals surface area contributed by atoms with E-state index in [1.54, 1.807) is 0 Å². The lowest BCUT2D eigenvalue weighted by atomic mass is 10.1. The highest BCUT2D eigenvalue weighted by atomic mass is 79.9. The zero-order chi connectivity index (χ0) is 15.0. The summed E-state index contributed by atoms with van der Waals surface area (Å²) in [6, 6.07) is 8.30. The Morgan fingerprint density at radius 2 is 2.00 bits per heavy atom. The van der Waals surface area contributed by atoms with Gasteiger partial charge in [0.05, 0.1) is 33.6 Å². The maximum absolute atomic E-state index is 4.74. The zero-order valence-electron chi connectivity index (χ0n) is 12.3. The van der Waals surface area contributed by atoms with Gasteiger partial charge in [0, 0.05) is 19.5 Å². The Morgan fingerprint density at radius 1 is 1.24 bits per heavy atom. The highest BCUT2D eigenvalue weighted by molar-refractivity contribution is 9.10. The van der Waals surface area contributed by atoms with Crippen LogP contribution in [0.4, 0.5) is 0 Å². The van der Waals surface area contributed by atoms with E-state index >= 15 is 0 Å². The lowest BCUT2D eigenvalue weighted by Gasteiger charge is -2.17. The van der Waals surface area contributed by atoms with Crippen LogP contribution in [-0.2, 0) is 14.1 Å². The number of halogens is 1. The molecule has 0 bridgehead atoms. The number of para-hydroxylation sites is 1. The van der Waals surface area contributed by atoms with E-state index in [-0.39, 0.29) is 6.04 Å². The second kappa shape index (κ2) is 5.61. The fourth-order valence-corrected chi connectivity index (χ4v) is 3.30. The van der Waals surface area contributed by atoms with E-state index in [4.69, 9.17) is 5.10 Å². The highest BCUT2D eigenvalue weighted by Crippen LogP contribution is 2.31. The Kier molecular flexibility index (Phi) is 3.82. The molecule has 1 N–H and O–H groups in total. The minimum Gasteiger partial charge on any atom is -0.304 e. The Morgan fingerprint density at radius 3 is 2.67 bits per heavy atom. The first-order chi connectivity index (χ1) is 10.1.